The van der Waals surface area contributed by atoms with Gasteiger partial charge in [-0.3, -0.25) is 4.68 Å². The highest BCUT2D eigenvalue weighted by Gasteiger charge is 2.07. The van der Waals surface area contributed by atoms with Gasteiger partial charge in [0.25, 0.3) is 0 Å². The van der Waals surface area contributed by atoms with Crippen LogP contribution in [0.5, 0.6) is 5.75 Å². The quantitative estimate of drug-likeness (QED) is 0.709. The van der Waals surface area contributed by atoms with Crippen molar-refractivity contribution in [1.29, 1.82) is 0 Å². The van der Waals surface area contributed by atoms with Crippen LogP contribution in [0.3, 0.4) is 0 Å². The zero-order valence-corrected chi connectivity index (χ0v) is 7.45. The van der Waals surface area contributed by atoms with Crippen LogP contribution in [-0.4, -0.2) is 28.6 Å². The van der Waals surface area contributed by atoms with Gasteiger partial charge < -0.3 is 9.84 Å². The molecule has 0 saturated heterocycles. The van der Waals surface area contributed by atoms with Crippen molar-refractivity contribution in [2.24, 2.45) is 7.05 Å². The highest BCUT2D eigenvalue weighted by molar-refractivity contribution is 5.24. The zero-order valence-electron chi connectivity index (χ0n) is 7.45. The summed E-state index contributed by atoms with van der Waals surface area (Å²) < 4.78 is 6.87. The van der Waals surface area contributed by atoms with E-state index < -0.39 is 0 Å². The number of methoxy groups -OCH3 is 1. The molecule has 4 heteroatoms. The number of aryl methyl sites for hydroxylation is 1. The van der Waals surface area contributed by atoms with Gasteiger partial charge >= 0.3 is 0 Å². The third kappa shape index (κ3) is 1.76. The van der Waals surface area contributed by atoms with Crippen LogP contribution in [0.4, 0.5) is 0 Å². The van der Waals surface area contributed by atoms with E-state index in [9.17, 15) is 0 Å². The van der Waals surface area contributed by atoms with Gasteiger partial charge in [0.15, 0.2) is 5.75 Å². The summed E-state index contributed by atoms with van der Waals surface area (Å²) in [6.45, 7) is 0.203. The number of hydrogen-bond acceptors (Lipinski definition) is 3. The molecule has 0 amide bonds. The van der Waals surface area contributed by atoms with E-state index in [1.54, 1.807) is 18.0 Å². The number of rotatable bonds is 4. The molecular weight excluding hydrogens is 156 g/mol. The van der Waals surface area contributed by atoms with E-state index in [-0.39, 0.29) is 6.61 Å². The molecule has 12 heavy (non-hydrogen) atoms. The minimum absolute atomic E-state index is 0.203. The predicted molar refractivity (Wildman–Crippen MR) is 45.2 cm³/mol. The average molecular weight is 170 g/mol. The largest absolute Gasteiger partial charge is 0.493 e. The van der Waals surface area contributed by atoms with E-state index in [0.717, 1.165) is 24.3 Å². The minimum atomic E-state index is 0.203. The number of aliphatic hydroxyl groups excluding tert-OH is 1. The van der Waals surface area contributed by atoms with E-state index in [4.69, 9.17) is 9.84 Å². The lowest BCUT2D eigenvalue weighted by Gasteiger charge is -2.02. The molecule has 0 aliphatic heterocycles. The molecule has 0 saturated carbocycles. The van der Waals surface area contributed by atoms with Crippen molar-refractivity contribution < 1.29 is 9.84 Å². The molecule has 4 nitrogen and oxygen atoms in total. The first kappa shape index (κ1) is 9.06. The van der Waals surface area contributed by atoms with Crippen LogP contribution < -0.4 is 4.74 Å². The van der Waals surface area contributed by atoms with Gasteiger partial charge in [0.1, 0.15) is 0 Å². The Labute approximate surface area is 71.8 Å². The Hall–Kier alpha value is -1.03. The molecule has 0 radical (unpaired) electrons. The van der Waals surface area contributed by atoms with Crippen molar-refractivity contribution in [3.05, 3.63) is 11.9 Å². The summed E-state index contributed by atoms with van der Waals surface area (Å²) in [5.41, 5.74) is 1.03. The molecule has 0 aliphatic carbocycles. The Kier molecular flexibility index (Phi) is 3.10. The number of nitrogens with zero attached hydrogens (tertiary/aromatic N) is 2. The number of aliphatic hydroxyl groups is 1. The van der Waals surface area contributed by atoms with Gasteiger partial charge in [-0.2, -0.15) is 5.10 Å². The number of ether oxygens (including phenoxy) is 1. The van der Waals surface area contributed by atoms with Crippen molar-refractivity contribution in [1.82, 2.24) is 9.78 Å². The summed E-state index contributed by atoms with van der Waals surface area (Å²) in [5, 5.41) is 12.7. The van der Waals surface area contributed by atoms with Gasteiger partial charge in [-0.15, -0.1) is 0 Å². The second-order valence-corrected chi connectivity index (χ2v) is 2.61. The Morgan fingerprint density at radius 2 is 2.42 bits per heavy atom. The molecule has 1 N–H and O–H groups in total. The van der Waals surface area contributed by atoms with Gasteiger partial charge in [-0.05, 0) is 12.8 Å². The first-order valence-electron chi connectivity index (χ1n) is 3.95. The van der Waals surface area contributed by atoms with E-state index in [1.165, 1.54) is 0 Å². The van der Waals surface area contributed by atoms with Gasteiger partial charge in [0.05, 0.1) is 19.0 Å². The van der Waals surface area contributed by atoms with Crippen LogP contribution in [0.15, 0.2) is 6.20 Å². The number of hydrogen-bond donors (Lipinski definition) is 1. The summed E-state index contributed by atoms with van der Waals surface area (Å²) >= 11 is 0. The lowest BCUT2D eigenvalue weighted by molar-refractivity contribution is 0.286. The third-order valence-electron chi connectivity index (χ3n) is 1.81. The molecule has 0 aliphatic rings. The van der Waals surface area contributed by atoms with Crippen molar-refractivity contribution in [3.8, 4) is 5.75 Å². The fourth-order valence-corrected chi connectivity index (χ4v) is 1.14. The lowest BCUT2D eigenvalue weighted by Crippen LogP contribution is -2.01. The molecule has 0 fully saturated rings. The maximum absolute atomic E-state index is 8.65. The van der Waals surface area contributed by atoms with Gasteiger partial charge in [-0.1, -0.05) is 0 Å². The summed E-state index contributed by atoms with van der Waals surface area (Å²) in [6.07, 6.45) is 3.23. The van der Waals surface area contributed by atoms with Crippen LogP contribution in [0.2, 0.25) is 0 Å². The molecule has 68 valence electrons. The standard InChI is InChI=1S/C8H14N2O2/c1-10-7(4-3-5-11)8(12-2)6-9-10/h6,11H,3-5H2,1-2H3. The van der Waals surface area contributed by atoms with Crippen LogP contribution >= 0.6 is 0 Å². The van der Waals surface area contributed by atoms with Crippen LogP contribution in [0, 0.1) is 0 Å². The first-order chi connectivity index (χ1) is 5.79. The van der Waals surface area contributed by atoms with Crippen molar-refractivity contribution in [2.45, 2.75) is 12.8 Å². The molecule has 0 bridgehead atoms. The summed E-state index contributed by atoms with van der Waals surface area (Å²) in [7, 11) is 3.49. The molecule has 1 aromatic heterocycles. The molecule has 0 spiro atoms. The predicted octanol–water partition coefficient (Wildman–Crippen LogP) is 0.354. The van der Waals surface area contributed by atoms with Gasteiger partial charge in [-0.25, -0.2) is 0 Å². The molecule has 1 heterocycles. The molecule has 1 aromatic rings. The fraction of sp³-hybridized carbons (Fsp3) is 0.625. The zero-order chi connectivity index (χ0) is 8.97. The maximum Gasteiger partial charge on any atom is 0.159 e. The van der Waals surface area contributed by atoms with E-state index in [1.807, 2.05) is 7.05 Å². The van der Waals surface area contributed by atoms with Gasteiger partial charge in [0, 0.05) is 13.7 Å². The maximum atomic E-state index is 8.65. The average Bonchev–Trinajstić information content (AvgIpc) is 2.43. The molecule has 0 aromatic carbocycles. The summed E-state index contributed by atoms with van der Waals surface area (Å²) in [4.78, 5) is 0. The molecule has 0 atom stereocenters. The van der Waals surface area contributed by atoms with E-state index >= 15 is 0 Å². The molecule has 1 rings (SSSR count). The minimum Gasteiger partial charge on any atom is -0.493 e. The highest BCUT2D eigenvalue weighted by atomic mass is 16.5. The molecular formula is C8H14N2O2. The van der Waals surface area contributed by atoms with E-state index in [0.29, 0.717) is 0 Å². The lowest BCUT2D eigenvalue weighted by atomic mass is 10.2. The Balaban J connectivity index is 2.72. The highest BCUT2D eigenvalue weighted by Crippen LogP contribution is 2.17. The second kappa shape index (κ2) is 4.11. The first-order valence-corrected chi connectivity index (χ1v) is 3.95. The SMILES string of the molecule is COc1cnn(C)c1CCCO. The Morgan fingerprint density at radius 1 is 1.67 bits per heavy atom. The van der Waals surface area contributed by atoms with Gasteiger partial charge in [0.2, 0.25) is 0 Å². The summed E-state index contributed by atoms with van der Waals surface area (Å²) in [6, 6.07) is 0. The van der Waals surface area contributed by atoms with Crippen LogP contribution in [-0.2, 0) is 13.5 Å². The van der Waals surface area contributed by atoms with Crippen molar-refractivity contribution in [2.75, 3.05) is 13.7 Å². The van der Waals surface area contributed by atoms with Crippen LogP contribution in [0.1, 0.15) is 12.1 Å². The van der Waals surface area contributed by atoms with Crippen molar-refractivity contribution >= 4 is 0 Å². The van der Waals surface area contributed by atoms with Crippen LogP contribution in [0.25, 0.3) is 0 Å². The Morgan fingerprint density at radius 3 is 3.00 bits per heavy atom. The number of aromatic nitrogens is 2. The Bertz CT molecular complexity index is 245. The second-order valence-electron chi connectivity index (χ2n) is 2.61. The normalized spacial score (nSPS) is 10.2. The fourth-order valence-electron chi connectivity index (χ4n) is 1.14. The van der Waals surface area contributed by atoms with Crippen molar-refractivity contribution in [3.63, 3.8) is 0 Å². The molecule has 0 unspecified atom stereocenters. The van der Waals surface area contributed by atoms with E-state index in [2.05, 4.69) is 5.10 Å². The third-order valence-corrected chi connectivity index (χ3v) is 1.81. The summed E-state index contributed by atoms with van der Waals surface area (Å²) in [5.74, 6) is 0.797. The smallest absolute Gasteiger partial charge is 0.159 e. The monoisotopic (exact) mass is 170 g/mol. The topological polar surface area (TPSA) is 47.3 Å².